The fourth-order valence-electron chi connectivity index (χ4n) is 2.70. The van der Waals surface area contributed by atoms with E-state index in [1.165, 1.54) is 0 Å². The van der Waals surface area contributed by atoms with Crippen LogP contribution >= 0.6 is 27.7 Å². The lowest BCUT2D eigenvalue weighted by Gasteiger charge is -2.25. The smallest absolute Gasteiger partial charge is 0.192 e. The molecule has 0 amide bonds. The van der Waals surface area contributed by atoms with Crippen molar-refractivity contribution in [2.24, 2.45) is 7.05 Å². The molecule has 1 aliphatic heterocycles. The molecule has 1 atom stereocenters. The van der Waals surface area contributed by atoms with Crippen LogP contribution in [0.4, 0.5) is 0 Å². The minimum absolute atomic E-state index is 0.272. The zero-order chi connectivity index (χ0) is 18.6. The highest BCUT2D eigenvalue weighted by molar-refractivity contribution is 9.10. The molecule has 2 aromatic carbocycles. The zero-order valence-corrected chi connectivity index (χ0v) is 17.1. The summed E-state index contributed by atoms with van der Waals surface area (Å²) in [5, 5.41) is 9.41. The largest absolute Gasteiger partial charge is 0.493 e. The molecule has 0 spiro atoms. The van der Waals surface area contributed by atoms with E-state index in [1.54, 1.807) is 11.8 Å². The second-order valence-corrected chi connectivity index (χ2v) is 7.89. The van der Waals surface area contributed by atoms with Crippen molar-refractivity contribution in [1.82, 2.24) is 14.8 Å². The van der Waals surface area contributed by atoms with E-state index in [-0.39, 0.29) is 6.10 Å². The molecule has 0 aliphatic carbocycles. The van der Waals surface area contributed by atoms with E-state index >= 15 is 0 Å². The van der Waals surface area contributed by atoms with Gasteiger partial charge in [0.25, 0.3) is 0 Å². The van der Waals surface area contributed by atoms with E-state index in [2.05, 4.69) is 26.1 Å². The molecule has 0 bridgehead atoms. The second-order valence-electron chi connectivity index (χ2n) is 5.91. The lowest BCUT2D eigenvalue weighted by atomic mass is 10.2. The quantitative estimate of drug-likeness (QED) is 0.415. The molecule has 0 saturated heterocycles. The third-order valence-electron chi connectivity index (χ3n) is 4.06. The first-order chi connectivity index (χ1) is 13.2. The number of rotatable bonds is 6. The maximum Gasteiger partial charge on any atom is 0.192 e. The van der Waals surface area contributed by atoms with Crippen molar-refractivity contribution in [2.45, 2.75) is 11.3 Å². The summed E-state index contributed by atoms with van der Waals surface area (Å²) in [6, 6.07) is 15.4. The van der Waals surface area contributed by atoms with Crippen molar-refractivity contribution in [3.05, 3.63) is 58.8 Å². The topological polar surface area (TPSA) is 58.4 Å². The molecule has 140 valence electrons. The van der Waals surface area contributed by atoms with Gasteiger partial charge in [-0.05, 0) is 36.4 Å². The number of halogens is 1. The predicted octanol–water partition coefficient (Wildman–Crippen LogP) is 4.26. The summed E-state index contributed by atoms with van der Waals surface area (Å²) in [7, 11) is 1.94. The molecular formula is C19H18BrN3O3S. The third-order valence-corrected chi connectivity index (χ3v) is 5.58. The normalized spacial score (nSPS) is 15.6. The molecule has 4 rings (SSSR count). The van der Waals surface area contributed by atoms with Crippen molar-refractivity contribution in [2.75, 3.05) is 19.0 Å². The number of nitrogens with zero attached hydrogens (tertiary/aromatic N) is 3. The molecule has 2 heterocycles. The van der Waals surface area contributed by atoms with Crippen molar-refractivity contribution < 1.29 is 14.2 Å². The van der Waals surface area contributed by atoms with Gasteiger partial charge in [0.1, 0.15) is 12.4 Å². The van der Waals surface area contributed by atoms with Gasteiger partial charge in [0.2, 0.25) is 0 Å². The van der Waals surface area contributed by atoms with Crippen LogP contribution in [0.3, 0.4) is 0 Å². The van der Waals surface area contributed by atoms with Crippen molar-refractivity contribution in [1.29, 1.82) is 0 Å². The van der Waals surface area contributed by atoms with E-state index in [0.717, 1.165) is 38.5 Å². The van der Waals surface area contributed by atoms with Gasteiger partial charge >= 0.3 is 0 Å². The molecule has 0 radical (unpaired) electrons. The second kappa shape index (κ2) is 8.22. The summed E-state index contributed by atoms with van der Waals surface area (Å²) >= 11 is 5.01. The Bertz CT molecular complexity index is 917. The average molecular weight is 448 g/mol. The molecule has 0 saturated carbocycles. The Morgan fingerprint density at radius 2 is 1.93 bits per heavy atom. The number of aromatic nitrogens is 3. The van der Waals surface area contributed by atoms with Gasteiger partial charge in [-0.25, -0.2) is 0 Å². The van der Waals surface area contributed by atoms with Crippen LogP contribution < -0.4 is 14.2 Å². The Kier molecular flexibility index (Phi) is 5.54. The molecule has 3 aromatic rings. The molecule has 8 heteroatoms. The van der Waals surface area contributed by atoms with E-state index in [0.29, 0.717) is 13.2 Å². The Labute approximate surface area is 170 Å². The molecule has 1 aromatic heterocycles. The number of hydrogen-bond acceptors (Lipinski definition) is 6. The molecule has 1 aliphatic rings. The third kappa shape index (κ3) is 4.22. The molecule has 27 heavy (non-hydrogen) atoms. The number of ether oxygens (including phenoxy) is 3. The lowest BCUT2D eigenvalue weighted by Crippen LogP contribution is -2.24. The van der Waals surface area contributed by atoms with Gasteiger partial charge in [-0.3, -0.25) is 0 Å². The minimum atomic E-state index is -0.272. The summed E-state index contributed by atoms with van der Waals surface area (Å²) < 4.78 is 20.5. The number of thioether (sulfide) groups is 1. The van der Waals surface area contributed by atoms with Gasteiger partial charge in [-0.1, -0.05) is 39.8 Å². The van der Waals surface area contributed by atoms with E-state index in [1.807, 2.05) is 60.1 Å². The Morgan fingerprint density at radius 3 is 2.74 bits per heavy atom. The SMILES string of the molecule is Cn1c(SCCOc2ccc(Br)cc2)nnc1[C@@H]1COc2ccccc2O1. The van der Waals surface area contributed by atoms with Crippen molar-refractivity contribution in [3.8, 4) is 17.2 Å². The van der Waals surface area contributed by atoms with Gasteiger partial charge in [-0.2, -0.15) is 0 Å². The first kappa shape index (κ1) is 18.2. The van der Waals surface area contributed by atoms with Crippen LogP contribution in [0.25, 0.3) is 0 Å². The first-order valence-corrected chi connectivity index (χ1v) is 10.3. The van der Waals surface area contributed by atoms with Crippen LogP contribution in [-0.4, -0.2) is 33.7 Å². The summed E-state index contributed by atoms with van der Waals surface area (Å²) in [6.07, 6.45) is -0.272. The summed E-state index contributed by atoms with van der Waals surface area (Å²) in [5.41, 5.74) is 0. The van der Waals surface area contributed by atoms with Crippen LogP contribution in [0.2, 0.25) is 0 Å². The maximum atomic E-state index is 6.02. The van der Waals surface area contributed by atoms with E-state index < -0.39 is 0 Å². The molecule has 0 N–H and O–H groups in total. The lowest BCUT2D eigenvalue weighted by molar-refractivity contribution is 0.0825. The highest BCUT2D eigenvalue weighted by atomic mass is 79.9. The van der Waals surface area contributed by atoms with E-state index in [4.69, 9.17) is 14.2 Å². The van der Waals surface area contributed by atoms with Gasteiger partial charge in [0.15, 0.2) is 28.6 Å². The molecule has 0 fully saturated rings. The van der Waals surface area contributed by atoms with Crippen LogP contribution in [0.5, 0.6) is 17.2 Å². The summed E-state index contributed by atoms with van der Waals surface area (Å²) in [5.74, 6) is 3.86. The van der Waals surface area contributed by atoms with Gasteiger partial charge in [-0.15, -0.1) is 10.2 Å². The predicted molar refractivity (Wildman–Crippen MR) is 107 cm³/mol. The minimum Gasteiger partial charge on any atom is -0.493 e. The number of hydrogen-bond donors (Lipinski definition) is 0. The standard InChI is InChI=1S/C19H18BrN3O3S/c1-23-18(17-12-25-15-4-2-3-5-16(15)26-17)21-22-19(23)27-11-10-24-14-8-6-13(20)7-9-14/h2-9,17H,10-12H2,1H3/t17-/m0/s1. The number of benzene rings is 2. The van der Waals surface area contributed by atoms with Gasteiger partial charge in [0, 0.05) is 17.3 Å². The summed E-state index contributed by atoms with van der Waals surface area (Å²) in [6.45, 7) is 1.01. The Morgan fingerprint density at radius 1 is 1.15 bits per heavy atom. The zero-order valence-electron chi connectivity index (χ0n) is 14.7. The fraction of sp³-hybridized carbons (Fsp3) is 0.263. The highest BCUT2D eigenvalue weighted by Crippen LogP contribution is 2.35. The van der Waals surface area contributed by atoms with Crippen LogP contribution in [-0.2, 0) is 7.05 Å². The van der Waals surface area contributed by atoms with Crippen molar-refractivity contribution in [3.63, 3.8) is 0 Å². The molecular weight excluding hydrogens is 430 g/mol. The first-order valence-electron chi connectivity index (χ1n) is 8.49. The van der Waals surface area contributed by atoms with E-state index in [9.17, 15) is 0 Å². The van der Waals surface area contributed by atoms with Crippen LogP contribution in [0, 0.1) is 0 Å². The Balaban J connectivity index is 1.33. The van der Waals surface area contributed by atoms with Crippen LogP contribution in [0.1, 0.15) is 11.9 Å². The summed E-state index contributed by atoms with van der Waals surface area (Å²) in [4.78, 5) is 0. The van der Waals surface area contributed by atoms with Gasteiger partial charge < -0.3 is 18.8 Å². The maximum absolute atomic E-state index is 6.02. The highest BCUT2D eigenvalue weighted by Gasteiger charge is 2.27. The van der Waals surface area contributed by atoms with Gasteiger partial charge in [0.05, 0.1) is 6.61 Å². The Hall–Kier alpha value is -2.19. The molecule has 6 nitrogen and oxygen atoms in total. The monoisotopic (exact) mass is 447 g/mol. The fourth-order valence-corrected chi connectivity index (χ4v) is 3.70. The molecule has 0 unspecified atom stereocenters. The van der Waals surface area contributed by atoms with Crippen LogP contribution in [0.15, 0.2) is 58.2 Å². The number of fused-ring (bicyclic) bond motifs is 1. The number of para-hydroxylation sites is 2. The average Bonchev–Trinajstić information content (AvgIpc) is 3.07. The van der Waals surface area contributed by atoms with Crippen molar-refractivity contribution >= 4 is 27.7 Å².